The van der Waals surface area contributed by atoms with Gasteiger partial charge in [-0.3, -0.25) is 0 Å². The second kappa shape index (κ2) is 4.31. The van der Waals surface area contributed by atoms with Crippen LogP contribution in [-0.4, -0.2) is 22.7 Å². The highest BCUT2D eigenvalue weighted by molar-refractivity contribution is 7.13. The van der Waals surface area contributed by atoms with Crippen molar-refractivity contribution in [2.45, 2.75) is 19.4 Å². The summed E-state index contributed by atoms with van der Waals surface area (Å²) in [6, 6.07) is 0. The lowest BCUT2D eigenvalue weighted by atomic mass is 10.3. The number of rotatable bonds is 4. The number of hydrogen-bond donors (Lipinski definition) is 2. The number of aliphatic hydroxyl groups excluding tert-OH is 1. The number of aliphatic hydroxyl groups is 1. The number of hydrogen-bond acceptors (Lipinski definition) is 4. The summed E-state index contributed by atoms with van der Waals surface area (Å²) in [7, 11) is 0. The summed E-state index contributed by atoms with van der Waals surface area (Å²) in [5.41, 5.74) is 0. The van der Waals surface area contributed by atoms with Gasteiger partial charge >= 0.3 is 0 Å². The minimum atomic E-state index is -0.234. The normalized spacial score (nSPS) is 12.9. The molecule has 2 N–H and O–H groups in total. The molecule has 0 amide bonds. The van der Waals surface area contributed by atoms with Crippen molar-refractivity contribution in [2.75, 3.05) is 11.9 Å². The summed E-state index contributed by atoms with van der Waals surface area (Å²) in [5.74, 6) is 0. The molecule has 0 fully saturated rings. The maximum Gasteiger partial charge on any atom is 0.182 e. The first-order chi connectivity index (χ1) is 5.29. The van der Waals surface area contributed by atoms with Gasteiger partial charge in [-0.1, -0.05) is 0 Å². The maximum absolute atomic E-state index is 8.92. The van der Waals surface area contributed by atoms with E-state index in [1.54, 1.807) is 24.5 Å². The van der Waals surface area contributed by atoms with Gasteiger partial charge in [0.25, 0.3) is 0 Å². The highest BCUT2D eigenvalue weighted by Gasteiger charge is 1.96. The zero-order valence-electron chi connectivity index (χ0n) is 6.45. The molecule has 0 saturated heterocycles. The standard InChI is InChI=1S/C7H12N2OS/c1-6(10)2-3-8-7-9-4-5-11-7/h4-6,10H,2-3H2,1H3,(H,8,9). The fourth-order valence-corrected chi connectivity index (χ4v) is 1.26. The predicted molar refractivity (Wildman–Crippen MR) is 46.9 cm³/mol. The molecule has 0 aromatic carbocycles. The first-order valence-corrected chi connectivity index (χ1v) is 4.48. The van der Waals surface area contributed by atoms with E-state index in [9.17, 15) is 0 Å². The van der Waals surface area contributed by atoms with E-state index >= 15 is 0 Å². The van der Waals surface area contributed by atoms with Gasteiger partial charge in [0.1, 0.15) is 0 Å². The number of nitrogens with one attached hydrogen (secondary N) is 1. The number of thiazole rings is 1. The Hall–Kier alpha value is -0.610. The van der Waals surface area contributed by atoms with Crippen molar-refractivity contribution in [3.05, 3.63) is 11.6 Å². The Bertz CT molecular complexity index is 186. The number of anilines is 1. The average Bonchev–Trinajstić information content (AvgIpc) is 2.39. The van der Waals surface area contributed by atoms with Crippen molar-refractivity contribution in [3.8, 4) is 0 Å². The molecular weight excluding hydrogens is 160 g/mol. The molecule has 0 aliphatic rings. The van der Waals surface area contributed by atoms with Gasteiger partial charge in [0, 0.05) is 18.1 Å². The molecule has 4 heteroatoms. The lowest BCUT2D eigenvalue weighted by Gasteiger charge is -2.03. The molecule has 0 saturated carbocycles. The molecule has 1 aromatic rings. The van der Waals surface area contributed by atoms with Crippen molar-refractivity contribution in [1.82, 2.24) is 4.98 Å². The highest BCUT2D eigenvalue weighted by atomic mass is 32.1. The van der Waals surface area contributed by atoms with Crippen molar-refractivity contribution in [3.63, 3.8) is 0 Å². The topological polar surface area (TPSA) is 45.1 Å². The molecule has 3 nitrogen and oxygen atoms in total. The number of nitrogens with zero attached hydrogens (tertiary/aromatic N) is 1. The van der Waals surface area contributed by atoms with Crippen LogP contribution in [0.5, 0.6) is 0 Å². The molecule has 0 spiro atoms. The van der Waals surface area contributed by atoms with Crippen molar-refractivity contribution < 1.29 is 5.11 Å². The highest BCUT2D eigenvalue weighted by Crippen LogP contribution is 2.09. The molecule has 1 aromatic heterocycles. The molecule has 0 aliphatic carbocycles. The van der Waals surface area contributed by atoms with Crippen molar-refractivity contribution in [1.29, 1.82) is 0 Å². The molecule has 1 rings (SSSR count). The molecule has 0 bridgehead atoms. The Kier molecular flexibility index (Phi) is 3.32. The predicted octanol–water partition coefficient (Wildman–Crippen LogP) is 1.33. The monoisotopic (exact) mass is 172 g/mol. The summed E-state index contributed by atoms with van der Waals surface area (Å²) in [5, 5.41) is 14.9. The second-order valence-corrected chi connectivity index (χ2v) is 3.30. The van der Waals surface area contributed by atoms with Gasteiger partial charge in [-0.05, 0) is 13.3 Å². The van der Waals surface area contributed by atoms with Gasteiger partial charge in [0.05, 0.1) is 6.10 Å². The largest absolute Gasteiger partial charge is 0.393 e. The SMILES string of the molecule is CC(O)CCNc1nccs1. The first-order valence-electron chi connectivity index (χ1n) is 3.60. The van der Waals surface area contributed by atoms with Crippen LogP contribution in [0, 0.1) is 0 Å². The van der Waals surface area contributed by atoms with E-state index in [0.717, 1.165) is 18.1 Å². The zero-order valence-corrected chi connectivity index (χ0v) is 7.27. The van der Waals surface area contributed by atoms with E-state index in [0.29, 0.717) is 0 Å². The Labute approximate surface area is 70.1 Å². The number of aromatic nitrogens is 1. The van der Waals surface area contributed by atoms with E-state index in [-0.39, 0.29) is 6.10 Å². The van der Waals surface area contributed by atoms with E-state index in [4.69, 9.17) is 5.11 Å². The third-order valence-corrected chi connectivity index (χ3v) is 2.00. The smallest absolute Gasteiger partial charge is 0.182 e. The Morgan fingerprint density at radius 3 is 3.18 bits per heavy atom. The Balaban J connectivity index is 2.14. The third kappa shape index (κ3) is 3.34. The lowest BCUT2D eigenvalue weighted by molar-refractivity contribution is 0.189. The van der Waals surface area contributed by atoms with Crippen molar-refractivity contribution in [2.24, 2.45) is 0 Å². The maximum atomic E-state index is 8.92. The van der Waals surface area contributed by atoms with Crippen LogP contribution in [-0.2, 0) is 0 Å². The third-order valence-electron chi connectivity index (χ3n) is 1.27. The fourth-order valence-electron chi connectivity index (χ4n) is 0.699. The van der Waals surface area contributed by atoms with Gasteiger partial charge in [0.15, 0.2) is 5.13 Å². The van der Waals surface area contributed by atoms with E-state index in [2.05, 4.69) is 10.3 Å². The van der Waals surface area contributed by atoms with E-state index in [1.807, 2.05) is 5.38 Å². The summed E-state index contributed by atoms with van der Waals surface area (Å²) in [6.07, 6.45) is 2.29. The second-order valence-electron chi connectivity index (χ2n) is 2.40. The van der Waals surface area contributed by atoms with Crippen LogP contribution >= 0.6 is 11.3 Å². The van der Waals surface area contributed by atoms with Crippen LogP contribution in [0.1, 0.15) is 13.3 Å². The molecule has 62 valence electrons. The summed E-state index contributed by atoms with van der Waals surface area (Å²) in [6.45, 7) is 2.56. The van der Waals surface area contributed by atoms with Crippen molar-refractivity contribution >= 4 is 16.5 Å². The van der Waals surface area contributed by atoms with Gasteiger partial charge in [-0.15, -0.1) is 11.3 Å². The molecule has 1 unspecified atom stereocenters. The van der Waals surface area contributed by atoms with Crippen LogP contribution in [0.15, 0.2) is 11.6 Å². The van der Waals surface area contributed by atoms with Crippen LogP contribution in [0.4, 0.5) is 5.13 Å². The minimum absolute atomic E-state index is 0.234. The van der Waals surface area contributed by atoms with Gasteiger partial charge < -0.3 is 10.4 Å². The van der Waals surface area contributed by atoms with Gasteiger partial charge in [-0.2, -0.15) is 0 Å². The summed E-state index contributed by atoms with van der Waals surface area (Å²) < 4.78 is 0. The zero-order chi connectivity index (χ0) is 8.10. The lowest BCUT2D eigenvalue weighted by Crippen LogP contribution is -2.09. The Morgan fingerprint density at radius 2 is 2.64 bits per heavy atom. The molecule has 1 atom stereocenters. The van der Waals surface area contributed by atoms with E-state index < -0.39 is 0 Å². The summed E-state index contributed by atoms with van der Waals surface area (Å²) >= 11 is 1.57. The molecule has 11 heavy (non-hydrogen) atoms. The fraction of sp³-hybridized carbons (Fsp3) is 0.571. The van der Waals surface area contributed by atoms with Gasteiger partial charge in [-0.25, -0.2) is 4.98 Å². The molecule has 1 heterocycles. The van der Waals surface area contributed by atoms with Crippen LogP contribution in [0.25, 0.3) is 0 Å². The Morgan fingerprint density at radius 1 is 1.82 bits per heavy atom. The van der Waals surface area contributed by atoms with E-state index in [1.165, 1.54) is 0 Å². The van der Waals surface area contributed by atoms with Crippen LogP contribution in [0.2, 0.25) is 0 Å². The first kappa shape index (κ1) is 8.49. The molecule has 0 aliphatic heterocycles. The van der Waals surface area contributed by atoms with Crippen LogP contribution < -0.4 is 5.32 Å². The van der Waals surface area contributed by atoms with Gasteiger partial charge in [0.2, 0.25) is 0 Å². The summed E-state index contributed by atoms with van der Waals surface area (Å²) in [4.78, 5) is 4.04. The average molecular weight is 172 g/mol. The molecule has 0 radical (unpaired) electrons. The van der Waals surface area contributed by atoms with Crippen LogP contribution in [0.3, 0.4) is 0 Å². The minimum Gasteiger partial charge on any atom is -0.393 e. The molecular formula is C7H12N2OS. The quantitative estimate of drug-likeness (QED) is 0.720.